The van der Waals surface area contributed by atoms with Crippen molar-refractivity contribution in [1.82, 2.24) is 0 Å². The van der Waals surface area contributed by atoms with E-state index in [-0.39, 0.29) is 24.8 Å². The van der Waals surface area contributed by atoms with E-state index in [1.165, 1.54) is 25.7 Å². The van der Waals surface area contributed by atoms with Crippen LogP contribution in [0.2, 0.25) is 0 Å². The first-order valence-corrected chi connectivity index (χ1v) is 7.99. The second-order valence-corrected chi connectivity index (χ2v) is 6.09. The predicted molar refractivity (Wildman–Crippen MR) is 70.3 cm³/mol. The van der Waals surface area contributed by atoms with Crippen molar-refractivity contribution < 1.29 is 49.5 Å². The molecular weight excluding hydrogens is 354 g/mol. The van der Waals surface area contributed by atoms with Gasteiger partial charge in [0.25, 0.3) is 0 Å². The molecule has 2 rings (SSSR count). The molecule has 0 saturated heterocycles. The smallest absolute Gasteiger partial charge is 1.00 e. The molecule has 0 aromatic carbocycles. The van der Waals surface area contributed by atoms with E-state index in [2.05, 4.69) is 39.0 Å². The van der Waals surface area contributed by atoms with Gasteiger partial charge in [0, 0.05) is 0 Å². The molecule has 0 radical (unpaired) electrons. The van der Waals surface area contributed by atoms with E-state index in [9.17, 15) is 0 Å². The summed E-state index contributed by atoms with van der Waals surface area (Å²) in [5, 5.41) is 0. The van der Waals surface area contributed by atoms with E-state index in [1.807, 2.05) is 0 Å². The van der Waals surface area contributed by atoms with Crippen molar-refractivity contribution in [3.63, 3.8) is 0 Å². The molecule has 3 heteroatoms. The summed E-state index contributed by atoms with van der Waals surface area (Å²) in [6.45, 7) is 6.95. The number of halogens is 2. The van der Waals surface area contributed by atoms with E-state index in [1.54, 1.807) is 50.3 Å². The summed E-state index contributed by atoms with van der Waals surface area (Å²) in [7, 11) is 0. The zero-order chi connectivity index (χ0) is 12.4. The summed E-state index contributed by atoms with van der Waals surface area (Å²) in [5.41, 5.74) is 6.70. The van der Waals surface area contributed by atoms with Crippen LogP contribution in [0.15, 0.2) is 43.8 Å². The summed E-state index contributed by atoms with van der Waals surface area (Å²) in [6, 6.07) is 0. The van der Waals surface area contributed by atoms with Gasteiger partial charge >= 0.3 is 121 Å². The number of rotatable bonds is 4. The fraction of sp³-hybridized carbons (Fsp3) is 0.500. The Labute approximate surface area is 145 Å². The van der Waals surface area contributed by atoms with Crippen LogP contribution in [0, 0.1) is 5.92 Å². The predicted octanol–water partition coefficient (Wildman–Crippen LogP) is -1.16. The Bertz CT molecular complexity index is 442. The number of hydrogen-bond acceptors (Lipinski definition) is 0. The minimum Gasteiger partial charge on any atom is -1.00 e. The molecule has 0 fully saturated rings. The quantitative estimate of drug-likeness (QED) is 0.582. The fourth-order valence-electron chi connectivity index (χ4n) is 3.23. The van der Waals surface area contributed by atoms with Crippen LogP contribution < -0.4 is 24.8 Å². The van der Waals surface area contributed by atoms with E-state index >= 15 is 0 Å². The molecule has 103 valence electrons. The van der Waals surface area contributed by atoms with Gasteiger partial charge in [-0.3, -0.25) is 0 Å². The first-order chi connectivity index (χ1) is 8.24. The van der Waals surface area contributed by atoms with Crippen LogP contribution in [-0.4, -0.2) is 0 Å². The molecule has 0 aromatic rings. The standard InChI is InChI=1S/C16H21.2ClH.Zr/c1-4-12-11-16(13-9-7-8-10-13)15(6-3)14(12)5-2;;;/h7-9,16H,4-6,10H2,1-3H3;2*1H;/q;;;+2/p-2. The first kappa shape index (κ1) is 19.4. The Kier molecular flexibility index (Phi) is 8.85. The van der Waals surface area contributed by atoms with E-state index < -0.39 is 0 Å². The largest absolute Gasteiger partial charge is 1.00 e. The van der Waals surface area contributed by atoms with Crippen LogP contribution in [-0.2, 0) is 24.7 Å². The third kappa shape index (κ3) is 3.55. The molecule has 0 N–H and O–H groups in total. The van der Waals surface area contributed by atoms with E-state index in [0.29, 0.717) is 5.92 Å². The summed E-state index contributed by atoms with van der Waals surface area (Å²) < 4.78 is 1.71. The molecule has 2 aliphatic rings. The number of allylic oxidation sites excluding steroid dienone is 8. The molecule has 2 aliphatic carbocycles. The van der Waals surface area contributed by atoms with Gasteiger partial charge in [0.1, 0.15) is 0 Å². The molecule has 19 heavy (non-hydrogen) atoms. The van der Waals surface area contributed by atoms with E-state index in [4.69, 9.17) is 0 Å². The fourth-order valence-corrected chi connectivity index (χ4v) is 4.92. The molecule has 0 amide bonds. The normalized spacial score (nSPS) is 21.5. The molecule has 0 heterocycles. The zero-order valence-electron chi connectivity index (χ0n) is 11.9. The Morgan fingerprint density at radius 2 is 1.68 bits per heavy atom. The molecule has 0 bridgehead atoms. The first-order valence-electron chi connectivity index (χ1n) is 6.77. The Morgan fingerprint density at radius 1 is 1.05 bits per heavy atom. The maximum Gasteiger partial charge on any atom is -1.00 e. The third-order valence-electron chi connectivity index (χ3n) is 3.97. The van der Waals surface area contributed by atoms with Gasteiger partial charge in [0.2, 0.25) is 0 Å². The van der Waals surface area contributed by atoms with Crippen LogP contribution in [0.5, 0.6) is 0 Å². The molecule has 0 aromatic heterocycles. The Morgan fingerprint density at radius 3 is 2.11 bits per heavy atom. The number of hydrogen-bond donors (Lipinski definition) is 0. The van der Waals surface area contributed by atoms with Crippen LogP contribution in [0.1, 0.15) is 46.5 Å². The van der Waals surface area contributed by atoms with Crippen molar-refractivity contribution in [3.8, 4) is 0 Å². The van der Waals surface area contributed by atoms with Crippen molar-refractivity contribution in [2.24, 2.45) is 5.92 Å². The van der Waals surface area contributed by atoms with Crippen molar-refractivity contribution >= 4 is 0 Å². The van der Waals surface area contributed by atoms with Crippen LogP contribution in [0.25, 0.3) is 0 Å². The van der Waals surface area contributed by atoms with Crippen molar-refractivity contribution in [1.29, 1.82) is 0 Å². The van der Waals surface area contributed by atoms with Crippen LogP contribution >= 0.6 is 0 Å². The Hall–Kier alpha value is 0.423. The van der Waals surface area contributed by atoms with Gasteiger partial charge in [-0.1, -0.05) is 0 Å². The monoisotopic (exact) mass is 373 g/mol. The van der Waals surface area contributed by atoms with Crippen molar-refractivity contribution in [2.45, 2.75) is 46.5 Å². The van der Waals surface area contributed by atoms with Crippen LogP contribution in [0.4, 0.5) is 0 Å². The molecule has 0 aliphatic heterocycles. The summed E-state index contributed by atoms with van der Waals surface area (Å²) >= 11 is 1.62. The SMILES string of the molecule is CCC1=[C]([Zr+2])C(C2=CC=CC2)C(CC)=C1CC.[Cl-].[Cl-]. The van der Waals surface area contributed by atoms with Gasteiger partial charge in [-0.25, -0.2) is 0 Å². The molecule has 0 saturated carbocycles. The zero-order valence-corrected chi connectivity index (χ0v) is 15.9. The molecular formula is C16H21Cl2Zr. The van der Waals surface area contributed by atoms with Gasteiger partial charge in [0.15, 0.2) is 0 Å². The maximum atomic E-state index is 2.34. The van der Waals surface area contributed by atoms with Gasteiger partial charge < -0.3 is 24.8 Å². The summed E-state index contributed by atoms with van der Waals surface area (Å²) in [5.74, 6) is 0.665. The minimum atomic E-state index is 0. The average molecular weight is 375 g/mol. The second kappa shape index (κ2) is 8.65. The average Bonchev–Trinajstić information content (AvgIpc) is 2.93. The molecule has 1 unspecified atom stereocenters. The third-order valence-corrected chi connectivity index (χ3v) is 5.42. The maximum absolute atomic E-state index is 2.34. The molecule has 0 nitrogen and oxygen atoms in total. The van der Waals surface area contributed by atoms with Crippen molar-refractivity contribution in [2.75, 3.05) is 0 Å². The van der Waals surface area contributed by atoms with E-state index in [0.717, 1.165) is 0 Å². The second-order valence-electron chi connectivity index (χ2n) is 4.76. The van der Waals surface area contributed by atoms with Gasteiger partial charge in [0.05, 0.1) is 0 Å². The van der Waals surface area contributed by atoms with Crippen molar-refractivity contribution in [3.05, 3.63) is 43.8 Å². The van der Waals surface area contributed by atoms with Gasteiger partial charge in [-0.2, -0.15) is 0 Å². The van der Waals surface area contributed by atoms with Gasteiger partial charge in [-0.05, 0) is 0 Å². The minimum absolute atomic E-state index is 0. The summed E-state index contributed by atoms with van der Waals surface area (Å²) in [4.78, 5) is 0. The molecule has 1 atom stereocenters. The van der Waals surface area contributed by atoms with Gasteiger partial charge in [-0.15, -0.1) is 0 Å². The van der Waals surface area contributed by atoms with Crippen LogP contribution in [0.3, 0.4) is 0 Å². The topological polar surface area (TPSA) is 0 Å². The Balaban J connectivity index is 0.00000162. The molecule has 0 spiro atoms. The summed E-state index contributed by atoms with van der Waals surface area (Å²) in [6.07, 6.45) is 11.7.